The van der Waals surface area contributed by atoms with Crippen molar-refractivity contribution in [3.63, 3.8) is 0 Å². The smallest absolute Gasteiger partial charge is 0.326 e. The maximum absolute atomic E-state index is 12.1. The number of rotatable bonds is 10. The normalized spacial score (nSPS) is 12.8. The van der Waals surface area contributed by atoms with Gasteiger partial charge in [0.2, 0.25) is 10.0 Å². The van der Waals surface area contributed by atoms with E-state index in [1.807, 2.05) is 6.92 Å². The van der Waals surface area contributed by atoms with Crippen molar-refractivity contribution in [2.24, 2.45) is 0 Å². The van der Waals surface area contributed by atoms with Gasteiger partial charge in [-0.15, -0.1) is 11.3 Å². The summed E-state index contributed by atoms with van der Waals surface area (Å²) in [5, 5.41) is 11.6. The molecule has 1 aromatic rings. The molecular weight excluding hydrogens is 340 g/mol. The Morgan fingerprint density at radius 3 is 2.61 bits per heavy atom. The molecule has 0 aromatic carbocycles. The molecule has 130 valence electrons. The van der Waals surface area contributed by atoms with Crippen molar-refractivity contribution < 1.29 is 23.1 Å². The standard InChI is InChI=1S/C14H22N2O5S2/c1-3-4-5-11(14(18)19)16-13(17)12-7-6-10(22-12)8-9-15-23(2,20)21/h6-7,11,15H,3-5,8-9H2,1-2H3,(H,16,17)(H,18,19)/t11-/m0/s1. The molecule has 7 nitrogen and oxygen atoms in total. The van der Waals surface area contributed by atoms with Crippen LogP contribution in [0.3, 0.4) is 0 Å². The minimum Gasteiger partial charge on any atom is -0.480 e. The molecule has 3 N–H and O–H groups in total. The van der Waals surface area contributed by atoms with E-state index in [-0.39, 0.29) is 6.54 Å². The van der Waals surface area contributed by atoms with Crippen LogP contribution in [-0.4, -0.2) is 44.2 Å². The zero-order chi connectivity index (χ0) is 17.5. The molecule has 0 bridgehead atoms. The molecule has 0 aliphatic heterocycles. The first kappa shape index (κ1) is 19.6. The van der Waals surface area contributed by atoms with E-state index in [1.165, 1.54) is 11.3 Å². The first-order valence-corrected chi connectivity index (χ1v) is 10.0. The number of hydrogen-bond acceptors (Lipinski definition) is 5. The van der Waals surface area contributed by atoms with E-state index in [0.717, 1.165) is 24.0 Å². The average Bonchev–Trinajstić information content (AvgIpc) is 2.90. The summed E-state index contributed by atoms with van der Waals surface area (Å²) in [6.45, 7) is 2.21. The second-order valence-electron chi connectivity index (χ2n) is 5.19. The van der Waals surface area contributed by atoms with E-state index < -0.39 is 27.9 Å². The summed E-state index contributed by atoms with van der Waals surface area (Å²) >= 11 is 1.23. The first-order chi connectivity index (χ1) is 10.7. The number of carboxylic acids is 1. The zero-order valence-electron chi connectivity index (χ0n) is 13.2. The third-order valence-electron chi connectivity index (χ3n) is 3.07. The molecule has 0 spiro atoms. The van der Waals surface area contributed by atoms with Crippen molar-refractivity contribution in [3.05, 3.63) is 21.9 Å². The molecule has 0 saturated heterocycles. The predicted molar refractivity (Wildman–Crippen MR) is 89.3 cm³/mol. The van der Waals surface area contributed by atoms with Crippen LogP contribution in [0.1, 0.15) is 40.7 Å². The second kappa shape index (κ2) is 8.99. The number of aliphatic carboxylic acids is 1. The molecule has 0 fully saturated rings. The fraction of sp³-hybridized carbons (Fsp3) is 0.571. The lowest BCUT2D eigenvalue weighted by Crippen LogP contribution is -2.40. The van der Waals surface area contributed by atoms with E-state index in [4.69, 9.17) is 5.11 Å². The van der Waals surface area contributed by atoms with Gasteiger partial charge in [0.25, 0.3) is 5.91 Å². The second-order valence-corrected chi connectivity index (χ2v) is 8.19. The van der Waals surface area contributed by atoms with Crippen molar-refractivity contribution in [1.82, 2.24) is 10.0 Å². The summed E-state index contributed by atoms with van der Waals surface area (Å²) in [7, 11) is -3.23. The van der Waals surface area contributed by atoms with E-state index in [1.54, 1.807) is 12.1 Å². The van der Waals surface area contributed by atoms with E-state index in [0.29, 0.717) is 17.7 Å². The number of hydrogen-bond donors (Lipinski definition) is 3. The third-order valence-corrected chi connectivity index (χ3v) is 4.94. The molecule has 1 aromatic heterocycles. The summed E-state index contributed by atoms with van der Waals surface area (Å²) in [5.74, 6) is -1.46. The molecule has 0 aliphatic rings. The van der Waals surface area contributed by atoms with Gasteiger partial charge in [-0.25, -0.2) is 17.9 Å². The van der Waals surface area contributed by atoms with E-state index in [2.05, 4.69) is 10.0 Å². The van der Waals surface area contributed by atoms with E-state index in [9.17, 15) is 18.0 Å². The molecular formula is C14H22N2O5S2. The molecule has 0 unspecified atom stereocenters. The van der Waals surface area contributed by atoms with Crippen molar-refractivity contribution in [2.45, 2.75) is 38.6 Å². The lowest BCUT2D eigenvalue weighted by Gasteiger charge is -2.13. The fourth-order valence-electron chi connectivity index (χ4n) is 1.89. The van der Waals surface area contributed by atoms with Crippen LogP contribution < -0.4 is 10.0 Å². The van der Waals surface area contributed by atoms with Crippen LogP contribution in [0.2, 0.25) is 0 Å². The van der Waals surface area contributed by atoms with Crippen LogP contribution >= 0.6 is 11.3 Å². The van der Waals surface area contributed by atoms with Crippen LogP contribution in [-0.2, 0) is 21.2 Å². The lowest BCUT2D eigenvalue weighted by atomic mass is 10.1. The molecule has 1 heterocycles. The number of amides is 1. The van der Waals surface area contributed by atoms with Crippen LogP contribution in [0, 0.1) is 0 Å². The van der Waals surface area contributed by atoms with Gasteiger partial charge in [0.05, 0.1) is 11.1 Å². The molecule has 1 atom stereocenters. The number of carbonyl (C=O) groups excluding carboxylic acids is 1. The topological polar surface area (TPSA) is 113 Å². The Kier molecular flexibility index (Phi) is 7.66. The highest BCUT2D eigenvalue weighted by Crippen LogP contribution is 2.17. The summed E-state index contributed by atoms with van der Waals surface area (Å²) in [6.07, 6.45) is 3.54. The molecule has 0 saturated carbocycles. The summed E-state index contributed by atoms with van der Waals surface area (Å²) in [6, 6.07) is 2.47. The SMILES string of the molecule is CCCC[C@H](NC(=O)c1ccc(CCNS(C)(=O)=O)s1)C(=O)O. The zero-order valence-corrected chi connectivity index (χ0v) is 14.8. The van der Waals surface area contributed by atoms with Gasteiger partial charge in [-0.3, -0.25) is 4.79 Å². The highest BCUT2D eigenvalue weighted by atomic mass is 32.2. The lowest BCUT2D eigenvalue weighted by molar-refractivity contribution is -0.139. The molecule has 0 radical (unpaired) electrons. The van der Waals surface area contributed by atoms with Crippen LogP contribution in [0.4, 0.5) is 0 Å². The summed E-state index contributed by atoms with van der Waals surface area (Å²) < 4.78 is 24.3. The van der Waals surface area contributed by atoms with Crippen molar-refractivity contribution in [1.29, 1.82) is 0 Å². The third kappa shape index (κ3) is 7.58. The Bertz CT molecular complexity index is 639. The van der Waals surface area contributed by atoms with Crippen LogP contribution in [0.25, 0.3) is 0 Å². The monoisotopic (exact) mass is 362 g/mol. The number of carbonyl (C=O) groups is 2. The van der Waals surface area contributed by atoms with Gasteiger partial charge < -0.3 is 10.4 Å². The number of unbranched alkanes of at least 4 members (excludes halogenated alkanes) is 1. The minimum atomic E-state index is -3.23. The molecule has 0 aliphatic carbocycles. The van der Waals surface area contributed by atoms with Crippen molar-refractivity contribution in [3.8, 4) is 0 Å². The Balaban J connectivity index is 2.58. The van der Waals surface area contributed by atoms with E-state index >= 15 is 0 Å². The number of carboxylic acid groups (broad SMARTS) is 1. The van der Waals surface area contributed by atoms with Gasteiger partial charge >= 0.3 is 5.97 Å². The van der Waals surface area contributed by atoms with Gasteiger partial charge in [-0.2, -0.15) is 0 Å². The minimum absolute atomic E-state index is 0.259. The van der Waals surface area contributed by atoms with Crippen LogP contribution in [0.5, 0.6) is 0 Å². The maximum atomic E-state index is 12.1. The largest absolute Gasteiger partial charge is 0.480 e. The molecule has 1 amide bonds. The summed E-state index contributed by atoms with van der Waals surface area (Å²) in [5.41, 5.74) is 0. The van der Waals surface area contributed by atoms with Crippen molar-refractivity contribution >= 4 is 33.2 Å². The highest BCUT2D eigenvalue weighted by molar-refractivity contribution is 7.88. The molecule has 23 heavy (non-hydrogen) atoms. The van der Waals surface area contributed by atoms with Crippen LogP contribution in [0.15, 0.2) is 12.1 Å². The fourth-order valence-corrected chi connectivity index (χ4v) is 3.27. The van der Waals surface area contributed by atoms with Gasteiger partial charge in [0.1, 0.15) is 6.04 Å². The predicted octanol–water partition coefficient (Wildman–Crippen LogP) is 1.21. The Morgan fingerprint density at radius 2 is 2.04 bits per heavy atom. The average molecular weight is 362 g/mol. The number of thiophene rings is 1. The summed E-state index contributed by atoms with van der Waals surface area (Å²) in [4.78, 5) is 24.5. The van der Waals surface area contributed by atoms with Crippen molar-refractivity contribution in [2.75, 3.05) is 12.8 Å². The maximum Gasteiger partial charge on any atom is 0.326 e. The quantitative estimate of drug-likeness (QED) is 0.579. The Labute approximate surface area is 140 Å². The first-order valence-electron chi connectivity index (χ1n) is 7.30. The van der Waals surface area contributed by atoms with Gasteiger partial charge in [0, 0.05) is 11.4 Å². The van der Waals surface area contributed by atoms with Gasteiger partial charge in [0.15, 0.2) is 0 Å². The van der Waals surface area contributed by atoms with Gasteiger partial charge in [-0.05, 0) is 25.0 Å². The highest BCUT2D eigenvalue weighted by Gasteiger charge is 2.20. The molecule has 1 rings (SSSR count). The van der Waals surface area contributed by atoms with Gasteiger partial charge in [-0.1, -0.05) is 19.8 Å². The number of sulfonamides is 1. The Hall–Kier alpha value is -1.45. The Morgan fingerprint density at radius 1 is 1.35 bits per heavy atom. The number of nitrogens with one attached hydrogen (secondary N) is 2. The molecule has 9 heteroatoms.